The Morgan fingerprint density at radius 2 is 1.67 bits per heavy atom. The molecule has 0 bridgehead atoms. The molecular formula is C8H9Cl2NO. The predicted octanol–water partition coefficient (Wildman–Crippen LogP) is 2.73. The van der Waals surface area contributed by atoms with E-state index in [1.165, 1.54) is 5.56 Å². The van der Waals surface area contributed by atoms with Gasteiger partial charge in [-0.15, -0.1) is 0 Å². The van der Waals surface area contributed by atoms with Gasteiger partial charge in [-0.05, 0) is 28.8 Å². The minimum Gasteiger partial charge on any atom is -0.326 e. The van der Waals surface area contributed by atoms with E-state index in [1.807, 2.05) is 30.3 Å². The highest BCUT2D eigenvalue weighted by molar-refractivity contribution is 6.93. The molecule has 0 atom stereocenters. The van der Waals surface area contributed by atoms with Gasteiger partial charge in [-0.1, -0.05) is 30.3 Å². The normalized spacial score (nSPS) is 8.25. The van der Waals surface area contributed by atoms with Crippen LogP contribution < -0.4 is 5.73 Å². The molecular weight excluding hydrogens is 197 g/mol. The second-order valence-electron chi connectivity index (χ2n) is 1.92. The Labute approximate surface area is 81.3 Å². The Morgan fingerprint density at radius 1 is 1.25 bits per heavy atom. The van der Waals surface area contributed by atoms with Gasteiger partial charge in [-0.2, -0.15) is 0 Å². The molecule has 1 aromatic rings. The molecule has 0 unspecified atom stereocenters. The third-order valence-electron chi connectivity index (χ3n) is 1.08. The fraction of sp³-hybridized carbons (Fsp3) is 0.125. The van der Waals surface area contributed by atoms with Crippen LogP contribution in [0.15, 0.2) is 30.3 Å². The fourth-order valence-corrected chi connectivity index (χ4v) is 0.614. The Morgan fingerprint density at radius 3 is 1.92 bits per heavy atom. The maximum Gasteiger partial charge on any atom is 0.313 e. The van der Waals surface area contributed by atoms with Crippen molar-refractivity contribution in [2.75, 3.05) is 0 Å². The Bertz CT molecular complexity index is 222. The van der Waals surface area contributed by atoms with Crippen LogP contribution in [-0.4, -0.2) is 4.70 Å². The number of halogens is 2. The molecule has 1 aromatic carbocycles. The zero-order valence-electron chi connectivity index (χ0n) is 6.34. The van der Waals surface area contributed by atoms with Crippen molar-refractivity contribution in [3.05, 3.63) is 35.9 Å². The van der Waals surface area contributed by atoms with E-state index in [0.29, 0.717) is 6.54 Å². The van der Waals surface area contributed by atoms with Crippen LogP contribution in [0.2, 0.25) is 0 Å². The maximum absolute atomic E-state index is 8.98. The predicted molar refractivity (Wildman–Crippen MR) is 51.4 cm³/mol. The van der Waals surface area contributed by atoms with E-state index in [9.17, 15) is 0 Å². The van der Waals surface area contributed by atoms with Crippen LogP contribution in [0.3, 0.4) is 0 Å². The van der Waals surface area contributed by atoms with Gasteiger partial charge in [0.2, 0.25) is 0 Å². The van der Waals surface area contributed by atoms with Crippen LogP contribution >= 0.6 is 23.2 Å². The van der Waals surface area contributed by atoms with Crippen LogP contribution in [0.5, 0.6) is 0 Å². The minimum absolute atomic E-state index is 0.640. The average molecular weight is 206 g/mol. The van der Waals surface area contributed by atoms with Crippen molar-refractivity contribution < 1.29 is 4.79 Å². The fourth-order valence-electron chi connectivity index (χ4n) is 0.614. The van der Waals surface area contributed by atoms with Gasteiger partial charge in [-0.3, -0.25) is 4.79 Å². The lowest BCUT2D eigenvalue weighted by molar-refractivity contribution is 0.275. The molecule has 0 aromatic heterocycles. The summed E-state index contributed by atoms with van der Waals surface area (Å²) in [7, 11) is 0. The first-order valence-corrected chi connectivity index (χ1v) is 4.01. The van der Waals surface area contributed by atoms with Crippen molar-refractivity contribution >= 4 is 27.9 Å². The smallest absolute Gasteiger partial charge is 0.313 e. The highest BCUT2D eigenvalue weighted by Gasteiger charge is 1.80. The van der Waals surface area contributed by atoms with Crippen molar-refractivity contribution in [1.82, 2.24) is 0 Å². The molecule has 0 heterocycles. The van der Waals surface area contributed by atoms with Gasteiger partial charge < -0.3 is 5.73 Å². The second-order valence-corrected chi connectivity index (χ2v) is 2.80. The van der Waals surface area contributed by atoms with E-state index < -0.39 is 4.70 Å². The molecule has 12 heavy (non-hydrogen) atoms. The summed E-state index contributed by atoms with van der Waals surface area (Å²) in [5.74, 6) is 0. The summed E-state index contributed by atoms with van der Waals surface area (Å²) < 4.78 is -0.889. The highest BCUT2D eigenvalue weighted by Crippen LogP contribution is 1.94. The van der Waals surface area contributed by atoms with E-state index in [-0.39, 0.29) is 0 Å². The molecule has 4 heteroatoms. The van der Waals surface area contributed by atoms with Gasteiger partial charge in [0.15, 0.2) is 0 Å². The standard InChI is InChI=1S/C7H9N.CCl2O/c8-6-7-4-2-1-3-5-7;2-1(3)4/h1-5H,6,8H2;. The molecule has 0 aliphatic carbocycles. The third-order valence-corrected chi connectivity index (χ3v) is 1.08. The second kappa shape index (κ2) is 7.10. The molecule has 0 amide bonds. The highest BCUT2D eigenvalue weighted by atomic mass is 35.5. The van der Waals surface area contributed by atoms with E-state index in [1.54, 1.807) is 0 Å². The molecule has 0 saturated heterocycles. The first-order valence-electron chi connectivity index (χ1n) is 3.25. The lowest BCUT2D eigenvalue weighted by atomic mass is 10.2. The van der Waals surface area contributed by atoms with Gasteiger partial charge >= 0.3 is 4.70 Å². The number of nitrogens with two attached hydrogens (primary N) is 1. The molecule has 2 N–H and O–H groups in total. The van der Waals surface area contributed by atoms with Gasteiger partial charge in [-0.25, -0.2) is 0 Å². The number of hydrogen-bond acceptors (Lipinski definition) is 2. The van der Waals surface area contributed by atoms with Gasteiger partial charge in [0.1, 0.15) is 0 Å². The molecule has 2 nitrogen and oxygen atoms in total. The summed E-state index contributed by atoms with van der Waals surface area (Å²) in [6.07, 6.45) is 0. The largest absolute Gasteiger partial charge is 0.326 e. The van der Waals surface area contributed by atoms with Crippen molar-refractivity contribution in [3.8, 4) is 0 Å². The quantitative estimate of drug-likeness (QED) is 0.717. The van der Waals surface area contributed by atoms with Crippen LogP contribution in [0, 0.1) is 0 Å². The molecule has 0 radical (unpaired) electrons. The zero-order chi connectivity index (χ0) is 9.40. The van der Waals surface area contributed by atoms with E-state index >= 15 is 0 Å². The molecule has 0 aliphatic heterocycles. The Balaban J connectivity index is 0.000000261. The van der Waals surface area contributed by atoms with Gasteiger partial charge in [0.25, 0.3) is 0 Å². The molecule has 0 fully saturated rings. The minimum atomic E-state index is -0.889. The van der Waals surface area contributed by atoms with E-state index in [2.05, 4.69) is 23.2 Å². The van der Waals surface area contributed by atoms with Gasteiger partial charge in [0.05, 0.1) is 0 Å². The number of carbonyl (C=O) groups is 1. The maximum atomic E-state index is 8.98. The van der Waals surface area contributed by atoms with Crippen LogP contribution in [-0.2, 0) is 6.54 Å². The summed E-state index contributed by atoms with van der Waals surface area (Å²) in [6, 6.07) is 9.99. The monoisotopic (exact) mass is 205 g/mol. The van der Waals surface area contributed by atoms with Crippen LogP contribution in [0.4, 0.5) is 4.79 Å². The SMILES string of the molecule is NCc1ccccc1.O=C(Cl)Cl. The van der Waals surface area contributed by atoms with Crippen LogP contribution in [0.25, 0.3) is 0 Å². The van der Waals surface area contributed by atoms with E-state index in [0.717, 1.165) is 0 Å². The van der Waals surface area contributed by atoms with Crippen LogP contribution in [0.1, 0.15) is 5.56 Å². The Hall–Kier alpha value is -0.570. The Kier molecular flexibility index (Phi) is 6.76. The van der Waals surface area contributed by atoms with E-state index in [4.69, 9.17) is 10.5 Å². The van der Waals surface area contributed by atoms with Crippen molar-refractivity contribution in [1.29, 1.82) is 0 Å². The third kappa shape index (κ3) is 7.54. The molecule has 1 rings (SSSR count). The lowest BCUT2D eigenvalue weighted by Crippen LogP contribution is -1.94. The summed E-state index contributed by atoms with van der Waals surface area (Å²) in [5.41, 5.74) is 6.54. The summed E-state index contributed by atoms with van der Waals surface area (Å²) >= 11 is 8.80. The first kappa shape index (κ1) is 11.4. The molecule has 0 spiro atoms. The molecule has 0 aliphatic rings. The van der Waals surface area contributed by atoms with Crippen molar-refractivity contribution in [2.24, 2.45) is 5.73 Å². The molecule has 0 saturated carbocycles. The zero-order valence-corrected chi connectivity index (χ0v) is 7.85. The lowest BCUT2D eigenvalue weighted by Gasteiger charge is -1.90. The van der Waals surface area contributed by atoms with Crippen molar-refractivity contribution in [2.45, 2.75) is 6.54 Å². The first-order chi connectivity index (χ1) is 5.66. The summed E-state index contributed by atoms with van der Waals surface area (Å²) in [4.78, 5) is 8.98. The average Bonchev–Trinajstić information content (AvgIpc) is 2.05. The number of carbonyl (C=O) groups excluding carboxylic acids is 1. The number of rotatable bonds is 1. The topological polar surface area (TPSA) is 43.1 Å². The van der Waals surface area contributed by atoms with Gasteiger partial charge in [0, 0.05) is 6.54 Å². The molecule has 66 valence electrons. The summed E-state index contributed by atoms with van der Waals surface area (Å²) in [6.45, 7) is 0.640. The summed E-state index contributed by atoms with van der Waals surface area (Å²) in [5, 5.41) is 0. The number of hydrogen-bond donors (Lipinski definition) is 1. The van der Waals surface area contributed by atoms with Crippen molar-refractivity contribution in [3.63, 3.8) is 0 Å². The number of benzene rings is 1.